The highest BCUT2D eigenvalue weighted by Crippen LogP contribution is 2.35. The van der Waals surface area contributed by atoms with Gasteiger partial charge in [0.05, 0.1) is 6.54 Å². The van der Waals surface area contributed by atoms with Gasteiger partial charge in [0.1, 0.15) is 0 Å². The molecule has 5 nitrogen and oxygen atoms in total. The fourth-order valence-corrected chi connectivity index (χ4v) is 4.07. The maximum Gasteiger partial charge on any atom is 0.191 e. The minimum atomic E-state index is 0. The molecule has 3 atom stereocenters. The third-order valence-corrected chi connectivity index (χ3v) is 5.68. The van der Waals surface area contributed by atoms with Crippen LogP contribution in [-0.4, -0.2) is 61.8 Å². The molecule has 0 radical (unpaired) electrons. The number of nitrogens with one attached hydrogen (secondary N) is 2. The summed E-state index contributed by atoms with van der Waals surface area (Å²) in [6.45, 7) is 9.55. The van der Waals surface area contributed by atoms with E-state index in [0.29, 0.717) is 5.92 Å². The van der Waals surface area contributed by atoms with Crippen LogP contribution in [0.3, 0.4) is 0 Å². The van der Waals surface area contributed by atoms with Gasteiger partial charge in [-0.25, -0.2) is 0 Å². The lowest BCUT2D eigenvalue weighted by atomic mass is 9.75. The van der Waals surface area contributed by atoms with E-state index < -0.39 is 0 Å². The molecule has 0 heterocycles. The Morgan fingerprint density at radius 1 is 1.27 bits per heavy atom. The van der Waals surface area contributed by atoms with Gasteiger partial charge in [0.2, 0.25) is 0 Å². The summed E-state index contributed by atoms with van der Waals surface area (Å²) < 4.78 is 0. The summed E-state index contributed by atoms with van der Waals surface area (Å²) in [5, 5.41) is 16.1. The van der Waals surface area contributed by atoms with Crippen molar-refractivity contribution in [2.75, 3.05) is 40.3 Å². The van der Waals surface area contributed by atoms with Crippen molar-refractivity contribution in [2.24, 2.45) is 16.8 Å². The fraction of sp³-hybridized carbons (Fsp3) is 0.950. The van der Waals surface area contributed by atoms with Gasteiger partial charge in [-0.1, -0.05) is 33.1 Å². The third kappa shape index (κ3) is 8.74. The lowest BCUT2D eigenvalue weighted by molar-refractivity contribution is 0.0845. The van der Waals surface area contributed by atoms with Crippen LogP contribution in [0.15, 0.2) is 4.99 Å². The van der Waals surface area contributed by atoms with Crippen LogP contribution in [0.5, 0.6) is 0 Å². The van der Waals surface area contributed by atoms with E-state index in [-0.39, 0.29) is 36.1 Å². The molecule has 0 amide bonds. The van der Waals surface area contributed by atoms with Crippen LogP contribution in [0.4, 0.5) is 0 Å². The highest BCUT2D eigenvalue weighted by Gasteiger charge is 2.36. The third-order valence-electron chi connectivity index (χ3n) is 5.68. The molecule has 0 bridgehead atoms. The van der Waals surface area contributed by atoms with Crippen molar-refractivity contribution >= 4 is 29.9 Å². The van der Waals surface area contributed by atoms with E-state index in [9.17, 15) is 5.11 Å². The van der Waals surface area contributed by atoms with Crippen LogP contribution in [0, 0.1) is 11.8 Å². The minimum absolute atomic E-state index is 0. The molecular weight excluding hydrogens is 439 g/mol. The Kier molecular flexibility index (Phi) is 14.0. The van der Waals surface area contributed by atoms with Gasteiger partial charge in [0.15, 0.2) is 5.96 Å². The van der Waals surface area contributed by atoms with Gasteiger partial charge >= 0.3 is 0 Å². The van der Waals surface area contributed by atoms with Crippen molar-refractivity contribution in [2.45, 2.75) is 71.3 Å². The highest BCUT2D eigenvalue weighted by atomic mass is 127. The number of nitrogens with zero attached hydrogens (tertiary/aromatic N) is 2. The predicted molar refractivity (Wildman–Crippen MR) is 124 cm³/mol. The number of rotatable bonds is 10. The standard InChI is InChI=1S/C20H42N4O.HI/c1-6-9-18(11-13-25)15-22-19(21-7-2)23-16-20(24(4)5)12-8-10-17(3)14-20;/h17-18,25H,6-16H2,1-5H3,(H2,21,22,23);1H. The number of halogens is 1. The Morgan fingerprint density at radius 2 is 2.00 bits per heavy atom. The van der Waals surface area contributed by atoms with E-state index in [1.807, 2.05) is 0 Å². The maximum absolute atomic E-state index is 9.25. The quantitative estimate of drug-likeness (QED) is 0.254. The van der Waals surface area contributed by atoms with E-state index in [0.717, 1.165) is 50.8 Å². The summed E-state index contributed by atoms with van der Waals surface area (Å²) in [6.07, 6.45) is 8.26. The molecule has 1 rings (SSSR count). The first kappa shape index (κ1) is 25.9. The molecule has 26 heavy (non-hydrogen) atoms. The SMILES string of the molecule is CCCC(CCO)CNC(=NCC1(N(C)C)CCCC(C)C1)NCC.I. The molecule has 1 saturated carbocycles. The number of hydrogen-bond acceptors (Lipinski definition) is 3. The molecule has 1 aliphatic carbocycles. The molecule has 3 unspecified atom stereocenters. The molecule has 1 aliphatic rings. The van der Waals surface area contributed by atoms with Gasteiger partial charge in [-0.15, -0.1) is 24.0 Å². The zero-order chi connectivity index (χ0) is 18.7. The average molecular weight is 482 g/mol. The summed E-state index contributed by atoms with van der Waals surface area (Å²) in [5.74, 6) is 2.21. The minimum Gasteiger partial charge on any atom is -0.396 e. The molecule has 3 N–H and O–H groups in total. The maximum atomic E-state index is 9.25. The number of likely N-dealkylation sites (N-methyl/N-ethyl adjacent to an activating group) is 1. The first-order chi connectivity index (χ1) is 12.0. The van der Waals surface area contributed by atoms with Crippen LogP contribution in [0.2, 0.25) is 0 Å². The van der Waals surface area contributed by atoms with Gasteiger partial charge in [0, 0.05) is 25.2 Å². The zero-order valence-electron chi connectivity index (χ0n) is 17.7. The first-order valence-corrected chi connectivity index (χ1v) is 10.3. The van der Waals surface area contributed by atoms with Gasteiger partial charge < -0.3 is 20.6 Å². The molecule has 0 aromatic carbocycles. The summed E-state index contributed by atoms with van der Waals surface area (Å²) in [5.41, 5.74) is 0.188. The number of guanidine groups is 1. The number of aliphatic hydroxyl groups is 1. The van der Waals surface area contributed by atoms with Crippen molar-refractivity contribution in [3.8, 4) is 0 Å². The van der Waals surface area contributed by atoms with Gasteiger partial charge in [0.25, 0.3) is 0 Å². The Bertz CT molecular complexity index is 386. The van der Waals surface area contributed by atoms with E-state index in [1.54, 1.807) is 0 Å². The van der Waals surface area contributed by atoms with Crippen LogP contribution in [0.1, 0.15) is 65.7 Å². The summed E-state index contributed by atoms with van der Waals surface area (Å²) >= 11 is 0. The first-order valence-electron chi connectivity index (χ1n) is 10.3. The molecule has 0 saturated heterocycles. The lowest BCUT2D eigenvalue weighted by Gasteiger charge is -2.44. The Morgan fingerprint density at radius 3 is 2.54 bits per heavy atom. The molecule has 0 spiro atoms. The molecular formula is C20H43IN4O. The lowest BCUT2D eigenvalue weighted by Crippen LogP contribution is -2.51. The second-order valence-electron chi connectivity index (χ2n) is 8.06. The molecule has 156 valence electrons. The Labute approximate surface area is 178 Å². The monoisotopic (exact) mass is 482 g/mol. The second-order valence-corrected chi connectivity index (χ2v) is 8.06. The van der Waals surface area contributed by atoms with E-state index in [2.05, 4.69) is 50.4 Å². The van der Waals surface area contributed by atoms with Crippen molar-refractivity contribution < 1.29 is 5.11 Å². The molecule has 0 aromatic rings. The van der Waals surface area contributed by atoms with Crippen LogP contribution in [0.25, 0.3) is 0 Å². The topological polar surface area (TPSA) is 59.9 Å². The van der Waals surface area contributed by atoms with E-state index in [1.165, 1.54) is 25.7 Å². The summed E-state index contributed by atoms with van der Waals surface area (Å²) in [4.78, 5) is 7.34. The molecule has 0 aliphatic heterocycles. The summed E-state index contributed by atoms with van der Waals surface area (Å²) in [7, 11) is 4.40. The summed E-state index contributed by atoms with van der Waals surface area (Å²) in [6, 6.07) is 0. The zero-order valence-corrected chi connectivity index (χ0v) is 20.0. The number of aliphatic hydroxyl groups excluding tert-OH is 1. The largest absolute Gasteiger partial charge is 0.396 e. The van der Waals surface area contributed by atoms with E-state index in [4.69, 9.17) is 4.99 Å². The van der Waals surface area contributed by atoms with Gasteiger partial charge in [-0.3, -0.25) is 4.99 Å². The van der Waals surface area contributed by atoms with Crippen molar-refractivity contribution in [3.63, 3.8) is 0 Å². The van der Waals surface area contributed by atoms with Crippen molar-refractivity contribution in [1.82, 2.24) is 15.5 Å². The number of aliphatic imine (C=N–C) groups is 1. The van der Waals surface area contributed by atoms with Crippen LogP contribution >= 0.6 is 24.0 Å². The Hall–Kier alpha value is -0.0800. The van der Waals surface area contributed by atoms with Gasteiger partial charge in [-0.2, -0.15) is 0 Å². The molecule has 6 heteroatoms. The van der Waals surface area contributed by atoms with Gasteiger partial charge in [-0.05, 0) is 58.5 Å². The van der Waals surface area contributed by atoms with Crippen LogP contribution < -0.4 is 10.6 Å². The predicted octanol–water partition coefficient (Wildman–Crippen LogP) is 3.47. The molecule has 0 aromatic heterocycles. The average Bonchev–Trinajstić information content (AvgIpc) is 2.57. The fourth-order valence-electron chi connectivity index (χ4n) is 4.07. The normalized spacial score (nSPS) is 24.9. The number of hydrogen-bond donors (Lipinski definition) is 3. The second kappa shape index (κ2) is 14.0. The van der Waals surface area contributed by atoms with Crippen LogP contribution in [-0.2, 0) is 0 Å². The van der Waals surface area contributed by atoms with Crippen molar-refractivity contribution in [3.05, 3.63) is 0 Å². The molecule has 1 fully saturated rings. The highest BCUT2D eigenvalue weighted by molar-refractivity contribution is 14.0. The van der Waals surface area contributed by atoms with E-state index >= 15 is 0 Å². The smallest absolute Gasteiger partial charge is 0.191 e. The van der Waals surface area contributed by atoms with Crippen molar-refractivity contribution in [1.29, 1.82) is 0 Å². The Balaban J connectivity index is 0.00000625.